The molecule has 24 heavy (non-hydrogen) atoms. The summed E-state index contributed by atoms with van der Waals surface area (Å²) in [6.45, 7) is 2.77. The Morgan fingerprint density at radius 1 is 1.08 bits per heavy atom. The van der Waals surface area contributed by atoms with Crippen LogP contribution >= 0.6 is 0 Å². The Balaban J connectivity index is 1.75. The molecular formula is C18H25F3N2O. The zero-order valence-electron chi connectivity index (χ0n) is 13.9. The van der Waals surface area contributed by atoms with Gasteiger partial charge in [-0.05, 0) is 37.0 Å². The lowest BCUT2D eigenvalue weighted by atomic mass is 9.89. The second-order valence-corrected chi connectivity index (χ2v) is 6.71. The van der Waals surface area contributed by atoms with E-state index < -0.39 is 11.7 Å². The van der Waals surface area contributed by atoms with Gasteiger partial charge in [0.25, 0.3) is 0 Å². The Labute approximate surface area is 141 Å². The van der Waals surface area contributed by atoms with Crippen molar-refractivity contribution >= 4 is 11.4 Å². The maximum absolute atomic E-state index is 13.3. The van der Waals surface area contributed by atoms with Crippen LogP contribution in [-0.2, 0) is 10.9 Å². The highest BCUT2D eigenvalue weighted by molar-refractivity contribution is 5.64. The van der Waals surface area contributed by atoms with E-state index >= 15 is 0 Å². The topological polar surface area (TPSA) is 24.5 Å². The highest BCUT2D eigenvalue weighted by Gasteiger charge is 2.35. The maximum atomic E-state index is 13.3. The van der Waals surface area contributed by atoms with Crippen LogP contribution in [-0.4, -0.2) is 32.8 Å². The van der Waals surface area contributed by atoms with Crippen LogP contribution in [0, 0.1) is 5.92 Å². The first kappa shape index (κ1) is 17.4. The molecule has 0 bridgehead atoms. The Kier molecular flexibility index (Phi) is 5.54. The Morgan fingerprint density at radius 2 is 1.79 bits per heavy atom. The van der Waals surface area contributed by atoms with Crippen molar-refractivity contribution in [1.29, 1.82) is 0 Å². The second kappa shape index (κ2) is 7.64. The second-order valence-electron chi connectivity index (χ2n) is 6.71. The average molecular weight is 342 g/mol. The lowest BCUT2D eigenvalue weighted by molar-refractivity contribution is -0.137. The van der Waals surface area contributed by atoms with Crippen molar-refractivity contribution < 1.29 is 17.9 Å². The molecule has 1 saturated heterocycles. The summed E-state index contributed by atoms with van der Waals surface area (Å²) >= 11 is 0. The van der Waals surface area contributed by atoms with Crippen LogP contribution in [0.2, 0.25) is 0 Å². The molecule has 0 atom stereocenters. The molecular weight excluding hydrogens is 317 g/mol. The van der Waals surface area contributed by atoms with Crippen LogP contribution in [0.1, 0.15) is 37.7 Å². The fourth-order valence-electron chi connectivity index (χ4n) is 3.60. The fourth-order valence-corrected chi connectivity index (χ4v) is 3.60. The molecule has 0 spiro atoms. The van der Waals surface area contributed by atoms with Crippen molar-refractivity contribution in [1.82, 2.24) is 0 Å². The number of alkyl halides is 3. The van der Waals surface area contributed by atoms with Crippen LogP contribution in [0.25, 0.3) is 0 Å². The van der Waals surface area contributed by atoms with Crippen LogP contribution in [0.15, 0.2) is 18.2 Å². The number of halogens is 3. The molecule has 1 aromatic carbocycles. The molecule has 1 heterocycles. The van der Waals surface area contributed by atoms with Gasteiger partial charge >= 0.3 is 6.18 Å². The summed E-state index contributed by atoms with van der Waals surface area (Å²) in [6, 6.07) is 4.40. The third-order valence-corrected chi connectivity index (χ3v) is 4.97. The van der Waals surface area contributed by atoms with Gasteiger partial charge in [-0.3, -0.25) is 0 Å². The quantitative estimate of drug-likeness (QED) is 0.870. The summed E-state index contributed by atoms with van der Waals surface area (Å²) in [4.78, 5) is 1.78. The maximum Gasteiger partial charge on any atom is 0.418 e. The lowest BCUT2D eigenvalue weighted by Crippen LogP contribution is -2.37. The normalized spacial score (nSPS) is 20.2. The molecule has 1 aliphatic heterocycles. The summed E-state index contributed by atoms with van der Waals surface area (Å²) in [5.74, 6) is 0.632. The van der Waals surface area contributed by atoms with Crippen LogP contribution in [0.3, 0.4) is 0 Å². The minimum atomic E-state index is -4.34. The van der Waals surface area contributed by atoms with Gasteiger partial charge in [-0.2, -0.15) is 13.2 Å². The van der Waals surface area contributed by atoms with E-state index in [0.717, 1.165) is 12.2 Å². The van der Waals surface area contributed by atoms with Gasteiger partial charge in [0.15, 0.2) is 0 Å². The number of hydrogen-bond acceptors (Lipinski definition) is 3. The number of hydrogen-bond donors (Lipinski definition) is 1. The summed E-state index contributed by atoms with van der Waals surface area (Å²) in [7, 11) is 0. The molecule has 0 amide bonds. The summed E-state index contributed by atoms with van der Waals surface area (Å²) < 4.78 is 45.3. The van der Waals surface area contributed by atoms with Gasteiger partial charge < -0.3 is 15.0 Å². The van der Waals surface area contributed by atoms with Gasteiger partial charge in [-0.15, -0.1) is 0 Å². The molecule has 1 N–H and O–H groups in total. The summed E-state index contributed by atoms with van der Waals surface area (Å²) in [5, 5.41) is 3.35. The first-order valence-corrected chi connectivity index (χ1v) is 8.82. The van der Waals surface area contributed by atoms with E-state index in [1.807, 2.05) is 0 Å². The first-order chi connectivity index (χ1) is 11.5. The molecule has 6 heteroatoms. The van der Waals surface area contributed by atoms with E-state index in [4.69, 9.17) is 4.74 Å². The fraction of sp³-hybridized carbons (Fsp3) is 0.667. The highest BCUT2D eigenvalue weighted by Crippen LogP contribution is 2.38. The highest BCUT2D eigenvalue weighted by atomic mass is 19.4. The third-order valence-electron chi connectivity index (χ3n) is 4.97. The molecule has 3 rings (SSSR count). The molecule has 0 radical (unpaired) electrons. The summed E-state index contributed by atoms with van der Waals surface area (Å²) in [5.41, 5.74) is 0.474. The number of ether oxygens (including phenoxy) is 1. The van der Waals surface area contributed by atoms with Crippen molar-refractivity contribution in [3.05, 3.63) is 23.8 Å². The van der Waals surface area contributed by atoms with Crippen LogP contribution in [0.4, 0.5) is 24.5 Å². The van der Waals surface area contributed by atoms with E-state index in [9.17, 15) is 13.2 Å². The molecule has 1 aromatic rings. The number of rotatable bonds is 4. The predicted octanol–water partition coefficient (Wildman–Crippen LogP) is 4.53. The summed E-state index contributed by atoms with van der Waals surface area (Å²) in [6.07, 6.45) is 1.91. The molecule has 2 aliphatic rings. The number of benzene rings is 1. The molecule has 0 unspecified atom stereocenters. The van der Waals surface area contributed by atoms with E-state index in [2.05, 4.69) is 5.32 Å². The number of anilines is 2. The standard InChI is InChI=1S/C18H25F3N2O/c19-18(20,21)16-7-6-15(22-13-14-4-2-1-3-5-14)12-17(16)23-8-10-24-11-9-23/h6-7,12,14,22H,1-5,8-11,13H2. The van der Waals surface area contributed by atoms with E-state index in [1.54, 1.807) is 17.0 Å². The number of morpholine rings is 1. The van der Waals surface area contributed by atoms with Crippen LogP contribution < -0.4 is 10.2 Å². The monoisotopic (exact) mass is 342 g/mol. The van der Waals surface area contributed by atoms with E-state index in [0.29, 0.717) is 32.2 Å². The van der Waals surface area contributed by atoms with Gasteiger partial charge in [0.2, 0.25) is 0 Å². The van der Waals surface area contributed by atoms with E-state index in [-0.39, 0.29) is 5.69 Å². The third kappa shape index (κ3) is 4.35. The zero-order valence-corrected chi connectivity index (χ0v) is 13.9. The molecule has 2 fully saturated rings. The number of nitrogens with one attached hydrogen (secondary N) is 1. The Bertz CT molecular complexity index is 536. The largest absolute Gasteiger partial charge is 0.418 e. The zero-order chi connectivity index (χ0) is 17.0. The number of nitrogens with zero attached hydrogens (tertiary/aromatic N) is 1. The Morgan fingerprint density at radius 3 is 2.46 bits per heavy atom. The molecule has 3 nitrogen and oxygen atoms in total. The smallest absolute Gasteiger partial charge is 0.385 e. The first-order valence-electron chi connectivity index (χ1n) is 8.82. The van der Waals surface area contributed by atoms with Gasteiger partial charge in [0.1, 0.15) is 0 Å². The van der Waals surface area contributed by atoms with Crippen molar-refractivity contribution in [2.75, 3.05) is 43.1 Å². The SMILES string of the molecule is FC(F)(F)c1ccc(NCC2CCCCC2)cc1N1CCOCC1. The van der Waals surface area contributed by atoms with E-state index in [1.165, 1.54) is 38.2 Å². The van der Waals surface area contributed by atoms with Crippen molar-refractivity contribution in [3.63, 3.8) is 0 Å². The Hall–Kier alpha value is -1.43. The van der Waals surface area contributed by atoms with Gasteiger partial charge in [0, 0.05) is 25.3 Å². The lowest BCUT2D eigenvalue weighted by Gasteiger charge is -2.31. The molecule has 0 aromatic heterocycles. The minimum absolute atomic E-state index is 0.263. The van der Waals surface area contributed by atoms with Gasteiger partial charge in [-0.1, -0.05) is 19.3 Å². The van der Waals surface area contributed by atoms with Gasteiger partial charge in [-0.25, -0.2) is 0 Å². The van der Waals surface area contributed by atoms with Crippen molar-refractivity contribution in [2.45, 2.75) is 38.3 Å². The van der Waals surface area contributed by atoms with Gasteiger partial charge in [0.05, 0.1) is 24.5 Å². The van der Waals surface area contributed by atoms with Crippen molar-refractivity contribution in [2.24, 2.45) is 5.92 Å². The predicted molar refractivity (Wildman–Crippen MR) is 89.5 cm³/mol. The van der Waals surface area contributed by atoms with Crippen molar-refractivity contribution in [3.8, 4) is 0 Å². The molecule has 134 valence electrons. The molecule has 1 saturated carbocycles. The minimum Gasteiger partial charge on any atom is -0.385 e. The van der Waals surface area contributed by atoms with Crippen LogP contribution in [0.5, 0.6) is 0 Å². The molecule has 1 aliphatic carbocycles. The average Bonchev–Trinajstić information content (AvgIpc) is 2.60.